The number of amides is 3. The van der Waals surface area contributed by atoms with E-state index in [0.717, 1.165) is 0 Å². The number of rotatable bonds is 7. The van der Waals surface area contributed by atoms with E-state index in [1.54, 1.807) is 55.7 Å². The molecule has 0 bridgehead atoms. The molecule has 1 saturated heterocycles. The van der Waals surface area contributed by atoms with Crippen LogP contribution in [-0.2, 0) is 28.7 Å². The Hall–Kier alpha value is -2.85. The lowest BCUT2D eigenvalue weighted by molar-refractivity contribution is -0.173. The standard InChI is InChI=1S/C30H41Cl2N3O7/c1-28(2,3)42-27(40)30(6)12-11-18(29(30,4)5)24(37)33-21(26(39)41-7)17-22(36)34-13-15-35(16-14-34)25(38)23-19(31)9-8-10-20(23)32/h8-10,18,21H,11-17H2,1-7H3,(H,33,37)/t18-,21-,30-/m0/s1. The van der Waals surface area contributed by atoms with Crippen LogP contribution in [0.5, 0.6) is 0 Å². The Balaban J connectivity index is 1.64. The Labute approximate surface area is 257 Å². The van der Waals surface area contributed by atoms with Gasteiger partial charge in [0.15, 0.2) is 0 Å². The van der Waals surface area contributed by atoms with Crippen LogP contribution in [0.15, 0.2) is 18.2 Å². The lowest BCUT2D eigenvalue weighted by atomic mass is 9.65. The van der Waals surface area contributed by atoms with Gasteiger partial charge < -0.3 is 24.6 Å². The van der Waals surface area contributed by atoms with Crippen molar-refractivity contribution in [3.8, 4) is 0 Å². The SMILES string of the molecule is COC(=O)[C@H](CC(=O)N1CCN(C(=O)c2c(Cl)cccc2Cl)CC1)NC(=O)[C@@H]1CC[C@@](C)(C(=O)OC(C)(C)C)C1(C)C. The molecule has 0 unspecified atom stereocenters. The molecule has 1 N–H and O–H groups in total. The summed E-state index contributed by atoms with van der Waals surface area (Å²) >= 11 is 12.4. The van der Waals surface area contributed by atoms with Crippen molar-refractivity contribution in [2.24, 2.45) is 16.7 Å². The molecule has 42 heavy (non-hydrogen) atoms. The number of hydrogen-bond donors (Lipinski definition) is 1. The van der Waals surface area contributed by atoms with Gasteiger partial charge in [0.05, 0.1) is 34.6 Å². The predicted octanol–water partition coefficient (Wildman–Crippen LogP) is 4.11. The van der Waals surface area contributed by atoms with Gasteiger partial charge in [-0.1, -0.05) is 43.1 Å². The highest BCUT2D eigenvalue weighted by Crippen LogP contribution is 2.57. The van der Waals surface area contributed by atoms with Crippen LogP contribution in [0, 0.1) is 16.7 Å². The third-order valence-electron chi connectivity index (χ3n) is 8.67. The number of nitrogens with zero attached hydrogens (tertiary/aromatic N) is 2. The van der Waals surface area contributed by atoms with E-state index >= 15 is 0 Å². The monoisotopic (exact) mass is 625 g/mol. The Morgan fingerprint density at radius 2 is 1.55 bits per heavy atom. The van der Waals surface area contributed by atoms with Crippen molar-refractivity contribution in [2.75, 3.05) is 33.3 Å². The van der Waals surface area contributed by atoms with Crippen LogP contribution in [-0.4, -0.2) is 84.4 Å². The summed E-state index contributed by atoms with van der Waals surface area (Å²) in [6.07, 6.45) is 0.554. The third kappa shape index (κ3) is 7.02. The number of benzene rings is 1. The van der Waals surface area contributed by atoms with E-state index in [1.807, 2.05) is 13.8 Å². The van der Waals surface area contributed by atoms with Crippen molar-refractivity contribution in [2.45, 2.75) is 72.4 Å². The maximum absolute atomic E-state index is 13.5. The summed E-state index contributed by atoms with van der Waals surface area (Å²) in [6, 6.07) is 3.63. The highest BCUT2D eigenvalue weighted by Gasteiger charge is 2.59. The molecule has 0 radical (unpaired) electrons. The minimum atomic E-state index is -1.21. The van der Waals surface area contributed by atoms with E-state index in [1.165, 1.54) is 7.11 Å². The van der Waals surface area contributed by atoms with Gasteiger partial charge in [-0.2, -0.15) is 0 Å². The maximum atomic E-state index is 13.5. The van der Waals surface area contributed by atoms with Crippen LogP contribution in [0.1, 0.15) is 71.2 Å². The molecular weight excluding hydrogens is 585 g/mol. The van der Waals surface area contributed by atoms with Gasteiger partial charge in [-0.3, -0.25) is 19.2 Å². The van der Waals surface area contributed by atoms with Crippen molar-refractivity contribution in [3.05, 3.63) is 33.8 Å². The highest BCUT2D eigenvalue weighted by atomic mass is 35.5. The van der Waals surface area contributed by atoms with E-state index in [4.69, 9.17) is 32.7 Å². The second-order valence-corrected chi connectivity index (χ2v) is 13.5. The van der Waals surface area contributed by atoms with Gasteiger partial charge in [0, 0.05) is 32.1 Å². The molecule has 0 spiro atoms. The first kappa shape index (κ1) is 33.6. The van der Waals surface area contributed by atoms with Crippen molar-refractivity contribution < 1.29 is 33.4 Å². The molecule has 3 amide bonds. The van der Waals surface area contributed by atoms with Gasteiger partial charge in [0.25, 0.3) is 5.91 Å². The van der Waals surface area contributed by atoms with Gasteiger partial charge in [0.1, 0.15) is 11.6 Å². The number of halogens is 2. The normalized spacial score (nSPS) is 22.7. The fourth-order valence-electron chi connectivity index (χ4n) is 5.65. The molecule has 1 aliphatic heterocycles. The van der Waals surface area contributed by atoms with E-state index in [-0.39, 0.29) is 66.0 Å². The van der Waals surface area contributed by atoms with E-state index in [2.05, 4.69) is 5.32 Å². The second-order valence-electron chi connectivity index (χ2n) is 12.7. The van der Waals surface area contributed by atoms with E-state index < -0.39 is 40.3 Å². The van der Waals surface area contributed by atoms with Crippen LogP contribution in [0.2, 0.25) is 10.0 Å². The molecular formula is C30H41Cl2N3O7. The minimum absolute atomic E-state index is 0.215. The van der Waals surface area contributed by atoms with Crippen molar-refractivity contribution in [1.82, 2.24) is 15.1 Å². The summed E-state index contributed by atoms with van der Waals surface area (Å²) in [6.45, 7) is 11.9. The molecule has 232 valence electrons. The van der Waals surface area contributed by atoms with Gasteiger partial charge in [0.2, 0.25) is 11.8 Å². The number of carbonyl (C=O) groups excluding carboxylic acids is 5. The summed E-state index contributed by atoms with van der Waals surface area (Å²) in [5.74, 6) is -2.83. The van der Waals surface area contributed by atoms with Crippen LogP contribution in [0.25, 0.3) is 0 Å². The molecule has 1 heterocycles. The largest absolute Gasteiger partial charge is 0.467 e. The Kier molecular flexibility index (Phi) is 10.3. The van der Waals surface area contributed by atoms with E-state index in [0.29, 0.717) is 12.8 Å². The number of piperazine rings is 1. The summed E-state index contributed by atoms with van der Waals surface area (Å²) in [4.78, 5) is 68.6. The van der Waals surface area contributed by atoms with Gasteiger partial charge in [-0.05, 0) is 58.1 Å². The number of carbonyl (C=O) groups is 5. The fourth-order valence-corrected chi connectivity index (χ4v) is 6.21. The van der Waals surface area contributed by atoms with Crippen LogP contribution in [0.3, 0.4) is 0 Å². The summed E-state index contributed by atoms with van der Waals surface area (Å²) in [7, 11) is 1.19. The number of methoxy groups -OCH3 is 1. The molecule has 1 aromatic rings. The zero-order chi connectivity index (χ0) is 31.6. The first-order valence-corrected chi connectivity index (χ1v) is 14.8. The average Bonchev–Trinajstić information content (AvgIpc) is 3.15. The number of nitrogens with one attached hydrogen (secondary N) is 1. The molecule has 10 nitrogen and oxygen atoms in total. The van der Waals surface area contributed by atoms with Gasteiger partial charge >= 0.3 is 11.9 Å². The maximum Gasteiger partial charge on any atom is 0.328 e. The summed E-state index contributed by atoms with van der Waals surface area (Å²) in [5.41, 5.74) is -2.15. The smallest absolute Gasteiger partial charge is 0.328 e. The van der Waals surface area contributed by atoms with Gasteiger partial charge in [-0.15, -0.1) is 0 Å². The van der Waals surface area contributed by atoms with Crippen LogP contribution in [0.4, 0.5) is 0 Å². The van der Waals surface area contributed by atoms with Crippen LogP contribution >= 0.6 is 23.2 Å². The van der Waals surface area contributed by atoms with Crippen molar-refractivity contribution >= 4 is 52.9 Å². The Morgan fingerprint density at radius 3 is 2.07 bits per heavy atom. The Morgan fingerprint density at radius 1 is 1.00 bits per heavy atom. The molecule has 3 atom stereocenters. The second kappa shape index (κ2) is 12.8. The topological polar surface area (TPSA) is 122 Å². The average molecular weight is 627 g/mol. The van der Waals surface area contributed by atoms with Gasteiger partial charge in [-0.25, -0.2) is 4.79 Å². The number of hydrogen-bond acceptors (Lipinski definition) is 7. The molecule has 1 aromatic carbocycles. The highest BCUT2D eigenvalue weighted by molar-refractivity contribution is 6.39. The zero-order valence-corrected chi connectivity index (χ0v) is 26.9. The minimum Gasteiger partial charge on any atom is -0.467 e. The lowest BCUT2D eigenvalue weighted by Gasteiger charge is -2.40. The first-order valence-electron chi connectivity index (χ1n) is 14.1. The molecule has 0 aromatic heterocycles. The molecule has 1 saturated carbocycles. The molecule has 2 fully saturated rings. The van der Waals surface area contributed by atoms with Crippen molar-refractivity contribution in [1.29, 1.82) is 0 Å². The zero-order valence-electron chi connectivity index (χ0n) is 25.3. The lowest BCUT2D eigenvalue weighted by Crippen LogP contribution is -2.54. The molecule has 2 aliphatic rings. The predicted molar refractivity (Wildman–Crippen MR) is 158 cm³/mol. The van der Waals surface area contributed by atoms with E-state index in [9.17, 15) is 24.0 Å². The fraction of sp³-hybridized carbons (Fsp3) is 0.633. The molecule has 3 rings (SSSR count). The first-order chi connectivity index (χ1) is 19.4. The number of esters is 2. The quantitative estimate of drug-likeness (QED) is 0.452. The van der Waals surface area contributed by atoms with Crippen molar-refractivity contribution in [3.63, 3.8) is 0 Å². The number of ether oxygens (including phenoxy) is 2. The summed E-state index contributed by atoms with van der Waals surface area (Å²) in [5, 5.41) is 3.21. The van der Waals surface area contributed by atoms with Crippen LogP contribution < -0.4 is 5.32 Å². The molecule has 12 heteroatoms. The Bertz CT molecular complexity index is 1220. The molecule has 1 aliphatic carbocycles. The summed E-state index contributed by atoms with van der Waals surface area (Å²) < 4.78 is 10.6. The third-order valence-corrected chi connectivity index (χ3v) is 9.30.